The number of hydrogen-bond acceptors (Lipinski definition) is 2. The van der Waals surface area contributed by atoms with Crippen LogP contribution < -0.4 is 0 Å². The smallest absolute Gasteiger partial charge is 0.257 e. The fourth-order valence-corrected chi connectivity index (χ4v) is 2.81. The van der Waals surface area contributed by atoms with Crippen LogP contribution in [0.4, 0.5) is 4.39 Å². The molecule has 3 nitrogen and oxygen atoms in total. The van der Waals surface area contributed by atoms with Crippen molar-refractivity contribution in [3.63, 3.8) is 0 Å². The van der Waals surface area contributed by atoms with E-state index in [2.05, 4.69) is 0 Å². The first kappa shape index (κ1) is 13.1. The summed E-state index contributed by atoms with van der Waals surface area (Å²) >= 11 is 5.88. The Morgan fingerprint density at radius 3 is 2.94 bits per heavy atom. The normalized spacial score (nSPS) is 23.4. The zero-order chi connectivity index (χ0) is 13.3. The van der Waals surface area contributed by atoms with E-state index < -0.39 is 5.82 Å². The number of amides is 1. The van der Waals surface area contributed by atoms with E-state index in [1.54, 1.807) is 4.90 Å². The van der Waals surface area contributed by atoms with E-state index in [-0.39, 0.29) is 23.3 Å². The van der Waals surface area contributed by atoms with Crippen molar-refractivity contribution in [1.29, 1.82) is 0 Å². The molecule has 0 saturated carbocycles. The van der Waals surface area contributed by atoms with Crippen molar-refractivity contribution in [3.8, 4) is 5.75 Å². The summed E-state index contributed by atoms with van der Waals surface area (Å²) in [6, 6.07) is 3.40. The molecule has 1 amide bonds. The van der Waals surface area contributed by atoms with Gasteiger partial charge in [0.25, 0.3) is 5.91 Å². The first-order chi connectivity index (χ1) is 8.54. The summed E-state index contributed by atoms with van der Waals surface area (Å²) in [6.45, 7) is 2.67. The van der Waals surface area contributed by atoms with E-state index in [1.165, 1.54) is 12.1 Å². The van der Waals surface area contributed by atoms with Gasteiger partial charge in [0.15, 0.2) is 0 Å². The summed E-state index contributed by atoms with van der Waals surface area (Å²) < 4.78 is 12.9. The molecule has 1 fully saturated rings. The minimum absolute atomic E-state index is 0.0244. The van der Waals surface area contributed by atoms with Gasteiger partial charge in [0.1, 0.15) is 11.6 Å². The molecule has 2 unspecified atom stereocenters. The Balaban J connectivity index is 2.26. The SMILES string of the molecule is CC1CCN(C(=O)c2ccc(F)cc2O)C1CCl. The number of nitrogens with zero attached hydrogens (tertiary/aromatic N) is 1. The molecule has 1 aromatic rings. The van der Waals surface area contributed by atoms with Gasteiger partial charge in [-0.1, -0.05) is 6.92 Å². The van der Waals surface area contributed by atoms with Crippen molar-refractivity contribution in [2.45, 2.75) is 19.4 Å². The van der Waals surface area contributed by atoms with Crippen LogP contribution >= 0.6 is 11.6 Å². The number of carbonyl (C=O) groups is 1. The number of hydrogen-bond donors (Lipinski definition) is 1. The van der Waals surface area contributed by atoms with Gasteiger partial charge in [-0.15, -0.1) is 11.6 Å². The molecule has 98 valence electrons. The molecule has 5 heteroatoms. The maximum Gasteiger partial charge on any atom is 0.257 e. The average molecular weight is 272 g/mol. The molecule has 0 bridgehead atoms. The third kappa shape index (κ3) is 2.29. The molecule has 0 spiro atoms. The molecule has 2 rings (SSSR count). The van der Waals surface area contributed by atoms with E-state index in [4.69, 9.17) is 11.6 Å². The summed E-state index contributed by atoms with van der Waals surface area (Å²) in [7, 11) is 0. The molecule has 1 N–H and O–H groups in total. The Hall–Kier alpha value is -1.29. The maximum atomic E-state index is 12.9. The predicted octanol–water partition coefficient (Wildman–Crippen LogP) is 2.62. The standard InChI is InChI=1S/C13H15ClFNO2/c1-8-4-5-16(11(8)7-14)13(18)10-3-2-9(15)6-12(10)17/h2-3,6,8,11,17H,4-5,7H2,1H3. The highest BCUT2D eigenvalue weighted by Gasteiger charge is 2.34. The highest BCUT2D eigenvalue weighted by atomic mass is 35.5. The van der Waals surface area contributed by atoms with Crippen LogP contribution in [0.2, 0.25) is 0 Å². The molecule has 1 aliphatic heterocycles. The number of phenols is 1. The van der Waals surface area contributed by atoms with Crippen molar-refractivity contribution in [1.82, 2.24) is 4.90 Å². The summed E-state index contributed by atoms with van der Waals surface area (Å²) in [5.74, 6) is -0.466. The molecule has 1 aromatic carbocycles. The van der Waals surface area contributed by atoms with E-state index in [9.17, 15) is 14.3 Å². The second kappa shape index (κ2) is 5.14. The molecule has 1 heterocycles. The zero-order valence-corrected chi connectivity index (χ0v) is 10.8. The monoisotopic (exact) mass is 271 g/mol. The van der Waals surface area contributed by atoms with Crippen molar-refractivity contribution in [2.24, 2.45) is 5.92 Å². The number of phenolic OH excluding ortho intramolecular Hbond substituents is 1. The largest absolute Gasteiger partial charge is 0.507 e. The molecular formula is C13H15ClFNO2. The van der Waals surface area contributed by atoms with E-state index in [0.29, 0.717) is 18.3 Å². The van der Waals surface area contributed by atoms with Crippen LogP contribution in [-0.2, 0) is 0 Å². The lowest BCUT2D eigenvalue weighted by Gasteiger charge is -2.25. The Morgan fingerprint density at radius 2 is 2.33 bits per heavy atom. The summed E-state index contributed by atoms with van der Waals surface area (Å²) in [4.78, 5) is 13.9. The summed E-state index contributed by atoms with van der Waals surface area (Å²) in [5.41, 5.74) is 0.126. The first-order valence-corrected chi connectivity index (χ1v) is 6.43. The summed E-state index contributed by atoms with van der Waals surface area (Å²) in [6.07, 6.45) is 0.894. The van der Waals surface area contributed by atoms with Crippen LogP contribution in [0, 0.1) is 11.7 Å². The van der Waals surface area contributed by atoms with Gasteiger partial charge < -0.3 is 10.0 Å². The van der Waals surface area contributed by atoms with Crippen LogP contribution in [0.25, 0.3) is 0 Å². The number of halogens is 2. The van der Waals surface area contributed by atoms with Crippen LogP contribution in [0.1, 0.15) is 23.7 Å². The first-order valence-electron chi connectivity index (χ1n) is 5.90. The van der Waals surface area contributed by atoms with Crippen molar-refractivity contribution < 1.29 is 14.3 Å². The van der Waals surface area contributed by atoms with Gasteiger partial charge >= 0.3 is 0 Å². The van der Waals surface area contributed by atoms with Crippen LogP contribution in [0.5, 0.6) is 5.75 Å². The van der Waals surface area contributed by atoms with Gasteiger partial charge in [-0.2, -0.15) is 0 Å². The maximum absolute atomic E-state index is 12.9. The highest BCUT2D eigenvalue weighted by molar-refractivity contribution is 6.18. The number of benzene rings is 1. The van der Waals surface area contributed by atoms with Crippen molar-refractivity contribution in [2.75, 3.05) is 12.4 Å². The second-order valence-corrected chi connectivity index (χ2v) is 4.96. The van der Waals surface area contributed by atoms with Crippen molar-refractivity contribution in [3.05, 3.63) is 29.6 Å². The number of alkyl halides is 1. The summed E-state index contributed by atoms with van der Waals surface area (Å²) in [5, 5.41) is 9.63. The van der Waals surface area contributed by atoms with Gasteiger partial charge in [0.05, 0.1) is 5.56 Å². The minimum Gasteiger partial charge on any atom is -0.507 e. The fraction of sp³-hybridized carbons (Fsp3) is 0.462. The molecule has 1 saturated heterocycles. The van der Waals surface area contributed by atoms with Crippen LogP contribution in [0.15, 0.2) is 18.2 Å². The average Bonchev–Trinajstić information content (AvgIpc) is 2.69. The van der Waals surface area contributed by atoms with Crippen molar-refractivity contribution >= 4 is 17.5 Å². The third-order valence-electron chi connectivity index (χ3n) is 3.49. The zero-order valence-electron chi connectivity index (χ0n) is 10.1. The van der Waals surface area contributed by atoms with Gasteiger partial charge in [0, 0.05) is 24.5 Å². The number of aromatic hydroxyl groups is 1. The Bertz CT molecular complexity index is 466. The Kier molecular flexibility index (Phi) is 3.76. The van der Waals surface area contributed by atoms with E-state index in [1.807, 2.05) is 6.92 Å². The molecule has 2 atom stereocenters. The van der Waals surface area contributed by atoms with E-state index in [0.717, 1.165) is 12.5 Å². The molecule has 0 radical (unpaired) electrons. The quantitative estimate of drug-likeness (QED) is 0.840. The predicted molar refractivity (Wildman–Crippen MR) is 67.4 cm³/mol. The lowest BCUT2D eigenvalue weighted by molar-refractivity contribution is 0.0734. The number of rotatable bonds is 2. The van der Waals surface area contributed by atoms with Gasteiger partial charge in [-0.3, -0.25) is 4.79 Å². The topological polar surface area (TPSA) is 40.5 Å². The molecule has 0 aromatic heterocycles. The second-order valence-electron chi connectivity index (χ2n) is 4.65. The lowest BCUT2D eigenvalue weighted by Crippen LogP contribution is -2.38. The molecule has 0 aliphatic carbocycles. The third-order valence-corrected chi connectivity index (χ3v) is 3.81. The molecule has 1 aliphatic rings. The number of carbonyl (C=O) groups excluding carboxylic acids is 1. The van der Waals surface area contributed by atoms with Crippen LogP contribution in [-0.4, -0.2) is 34.4 Å². The van der Waals surface area contributed by atoms with Gasteiger partial charge in [-0.25, -0.2) is 4.39 Å². The number of likely N-dealkylation sites (tertiary alicyclic amines) is 1. The lowest BCUT2D eigenvalue weighted by atomic mass is 10.0. The fourth-order valence-electron chi connectivity index (χ4n) is 2.34. The van der Waals surface area contributed by atoms with Gasteiger partial charge in [0.2, 0.25) is 0 Å². The molecular weight excluding hydrogens is 257 g/mol. The highest BCUT2D eigenvalue weighted by Crippen LogP contribution is 2.29. The molecule has 18 heavy (non-hydrogen) atoms. The van der Waals surface area contributed by atoms with E-state index >= 15 is 0 Å². The Labute approximate surface area is 110 Å². The Morgan fingerprint density at radius 1 is 1.61 bits per heavy atom. The van der Waals surface area contributed by atoms with Crippen LogP contribution in [0.3, 0.4) is 0 Å². The minimum atomic E-state index is -0.562. The van der Waals surface area contributed by atoms with Gasteiger partial charge in [-0.05, 0) is 24.5 Å².